The molecule has 31 heavy (non-hydrogen) atoms. The molecule has 1 N–H and O–H groups in total. The van der Waals surface area contributed by atoms with E-state index in [1.807, 2.05) is 60.7 Å². The number of rotatable bonds is 5. The van der Waals surface area contributed by atoms with E-state index in [1.54, 1.807) is 22.2 Å². The number of anilines is 1. The number of thiazole rings is 1. The van der Waals surface area contributed by atoms with Gasteiger partial charge in [0, 0.05) is 5.69 Å². The Balaban J connectivity index is 1.44. The van der Waals surface area contributed by atoms with Crippen molar-refractivity contribution in [3.05, 3.63) is 88.7 Å². The molecular weight excluding hydrogens is 428 g/mol. The Morgan fingerprint density at radius 3 is 2.68 bits per heavy atom. The molecule has 152 valence electrons. The highest BCUT2D eigenvalue weighted by molar-refractivity contribution is 7.99. The smallest absolute Gasteiger partial charge is 0.266 e. The van der Waals surface area contributed by atoms with Crippen molar-refractivity contribution in [1.29, 1.82) is 0 Å². The Morgan fingerprint density at radius 1 is 1.00 bits per heavy atom. The molecule has 0 bridgehead atoms. The van der Waals surface area contributed by atoms with Gasteiger partial charge in [0.05, 0.1) is 38.1 Å². The molecule has 0 atom stereocenters. The summed E-state index contributed by atoms with van der Waals surface area (Å²) in [5, 5.41) is 3.92. The van der Waals surface area contributed by atoms with Crippen molar-refractivity contribution in [1.82, 2.24) is 14.5 Å². The van der Waals surface area contributed by atoms with Crippen molar-refractivity contribution in [2.45, 2.75) is 5.16 Å². The third kappa shape index (κ3) is 3.95. The first kappa shape index (κ1) is 19.5. The predicted octanol–water partition coefficient (Wildman–Crippen LogP) is 4.73. The van der Waals surface area contributed by atoms with Gasteiger partial charge in [0.25, 0.3) is 5.56 Å². The van der Waals surface area contributed by atoms with E-state index in [1.165, 1.54) is 23.1 Å². The Hall–Kier alpha value is -3.49. The number of carbonyl (C=O) groups is 1. The van der Waals surface area contributed by atoms with Gasteiger partial charge in [-0.1, -0.05) is 42.1 Å². The second kappa shape index (κ2) is 8.33. The van der Waals surface area contributed by atoms with Crippen LogP contribution in [0.4, 0.5) is 5.69 Å². The first-order chi connectivity index (χ1) is 15.2. The van der Waals surface area contributed by atoms with Crippen LogP contribution in [0.2, 0.25) is 0 Å². The Bertz CT molecular complexity index is 1460. The van der Waals surface area contributed by atoms with Gasteiger partial charge < -0.3 is 5.32 Å². The number of benzene rings is 3. The first-order valence-electron chi connectivity index (χ1n) is 9.52. The summed E-state index contributed by atoms with van der Waals surface area (Å²) < 4.78 is 2.57. The lowest BCUT2D eigenvalue weighted by Crippen LogP contribution is -2.22. The van der Waals surface area contributed by atoms with Crippen LogP contribution in [0.15, 0.2) is 88.3 Å². The summed E-state index contributed by atoms with van der Waals surface area (Å²) >= 11 is 2.76. The monoisotopic (exact) mass is 444 g/mol. The molecule has 2 aromatic heterocycles. The zero-order chi connectivity index (χ0) is 21.2. The largest absolute Gasteiger partial charge is 0.325 e. The normalized spacial score (nSPS) is 11.1. The summed E-state index contributed by atoms with van der Waals surface area (Å²) in [7, 11) is 0. The minimum Gasteiger partial charge on any atom is -0.325 e. The highest BCUT2D eigenvalue weighted by Gasteiger charge is 2.15. The van der Waals surface area contributed by atoms with Crippen molar-refractivity contribution in [2.75, 3.05) is 11.1 Å². The number of hydrogen-bond acceptors (Lipinski definition) is 6. The van der Waals surface area contributed by atoms with Crippen molar-refractivity contribution < 1.29 is 4.79 Å². The van der Waals surface area contributed by atoms with Crippen molar-refractivity contribution in [3.63, 3.8) is 0 Å². The number of aromatic nitrogens is 3. The average molecular weight is 445 g/mol. The van der Waals surface area contributed by atoms with Gasteiger partial charge in [0.15, 0.2) is 5.16 Å². The Labute approximate surface area is 185 Å². The molecule has 0 saturated carbocycles. The molecule has 1 amide bonds. The number of para-hydroxylation sites is 2. The number of fused-ring (bicyclic) bond motifs is 2. The fourth-order valence-electron chi connectivity index (χ4n) is 3.27. The number of thioether (sulfide) groups is 1. The third-order valence-corrected chi connectivity index (χ3v) is 6.44. The van der Waals surface area contributed by atoms with Crippen LogP contribution < -0.4 is 10.9 Å². The standard InChI is InChI=1S/C23H16N4O2S2/c28-21(25-15-10-11-19-20(12-15)31-14-24-19)13-30-23-26-18-9-5-4-8-17(18)22(29)27(23)16-6-2-1-3-7-16/h1-12,14H,13H2,(H,25,28). The van der Waals surface area contributed by atoms with Crippen LogP contribution >= 0.6 is 23.1 Å². The molecule has 8 heteroatoms. The van der Waals surface area contributed by atoms with E-state index in [0.29, 0.717) is 27.4 Å². The lowest BCUT2D eigenvalue weighted by Gasteiger charge is -2.13. The topological polar surface area (TPSA) is 76.9 Å². The van der Waals surface area contributed by atoms with E-state index in [4.69, 9.17) is 0 Å². The highest BCUT2D eigenvalue weighted by atomic mass is 32.2. The Kier molecular flexibility index (Phi) is 5.23. The van der Waals surface area contributed by atoms with E-state index >= 15 is 0 Å². The third-order valence-electron chi connectivity index (χ3n) is 4.71. The molecule has 0 aliphatic rings. The zero-order valence-corrected chi connectivity index (χ0v) is 17.8. The first-order valence-corrected chi connectivity index (χ1v) is 11.4. The molecule has 3 aromatic carbocycles. The van der Waals surface area contributed by atoms with Crippen LogP contribution in [0.25, 0.3) is 26.8 Å². The SMILES string of the molecule is O=C(CSc1nc2ccccc2c(=O)n1-c1ccccc1)Nc1ccc2ncsc2c1. The Morgan fingerprint density at radius 2 is 1.81 bits per heavy atom. The van der Waals surface area contributed by atoms with Crippen LogP contribution in [-0.2, 0) is 4.79 Å². The van der Waals surface area contributed by atoms with Gasteiger partial charge in [0.1, 0.15) is 0 Å². The molecule has 5 rings (SSSR count). The average Bonchev–Trinajstić information content (AvgIpc) is 3.26. The molecule has 0 aliphatic heterocycles. The van der Waals surface area contributed by atoms with Crippen LogP contribution in [-0.4, -0.2) is 26.2 Å². The van der Waals surface area contributed by atoms with Gasteiger partial charge in [0.2, 0.25) is 5.91 Å². The fraction of sp³-hybridized carbons (Fsp3) is 0.0435. The highest BCUT2D eigenvalue weighted by Crippen LogP contribution is 2.24. The van der Waals surface area contributed by atoms with Gasteiger partial charge in [-0.05, 0) is 42.5 Å². The summed E-state index contributed by atoms with van der Waals surface area (Å²) in [6.07, 6.45) is 0. The van der Waals surface area contributed by atoms with Gasteiger partial charge in [-0.15, -0.1) is 11.3 Å². The maximum absolute atomic E-state index is 13.2. The fourth-order valence-corrected chi connectivity index (χ4v) is 4.80. The summed E-state index contributed by atoms with van der Waals surface area (Å²) in [6.45, 7) is 0. The molecule has 0 saturated heterocycles. The number of nitrogens with zero attached hydrogens (tertiary/aromatic N) is 3. The molecule has 0 spiro atoms. The molecule has 0 unspecified atom stereocenters. The van der Waals surface area contributed by atoms with E-state index < -0.39 is 0 Å². The zero-order valence-electron chi connectivity index (χ0n) is 16.2. The van der Waals surface area contributed by atoms with E-state index in [9.17, 15) is 9.59 Å². The molecule has 6 nitrogen and oxygen atoms in total. The lowest BCUT2D eigenvalue weighted by atomic mass is 10.2. The molecular formula is C23H16N4O2S2. The van der Waals surface area contributed by atoms with Crippen molar-refractivity contribution in [3.8, 4) is 5.69 Å². The molecule has 0 fully saturated rings. The van der Waals surface area contributed by atoms with Crippen LogP contribution in [0.1, 0.15) is 0 Å². The second-order valence-electron chi connectivity index (χ2n) is 6.76. The number of hydrogen-bond donors (Lipinski definition) is 1. The second-order valence-corrected chi connectivity index (χ2v) is 8.59. The maximum Gasteiger partial charge on any atom is 0.266 e. The van der Waals surface area contributed by atoms with Crippen molar-refractivity contribution >= 4 is 55.8 Å². The molecule has 0 aliphatic carbocycles. The summed E-state index contributed by atoms with van der Waals surface area (Å²) in [5.41, 5.74) is 4.57. The van der Waals surface area contributed by atoms with Gasteiger partial charge >= 0.3 is 0 Å². The minimum absolute atomic E-state index is 0.123. The maximum atomic E-state index is 13.2. The number of carbonyl (C=O) groups excluding carboxylic acids is 1. The van der Waals surface area contributed by atoms with Crippen molar-refractivity contribution in [2.24, 2.45) is 0 Å². The lowest BCUT2D eigenvalue weighted by molar-refractivity contribution is -0.113. The van der Waals surface area contributed by atoms with E-state index in [0.717, 1.165) is 10.2 Å². The van der Waals surface area contributed by atoms with E-state index in [-0.39, 0.29) is 17.2 Å². The molecule has 5 aromatic rings. The molecule has 0 radical (unpaired) electrons. The summed E-state index contributed by atoms with van der Waals surface area (Å²) in [4.78, 5) is 34.7. The summed E-state index contributed by atoms with van der Waals surface area (Å²) in [5.74, 6) is -0.0471. The van der Waals surface area contributed by atoms with Crippen LogP contribution in [0.3, 0.4) is 0 Å². The number of amides is 1. The van der Waals surface area contributed by atoms with E-state index in [2.05, 4.69) is 15.3 Å². The predicted molar refractivity (Wildman–Crippen MR) is 126 cm³/mol. The number of nitrogens with one attached hydrogen (secondary N) is 1. The van der Waals surface area contributed by atoms with Crippen LogP contribution in [0.5, 0.6) is 0 Å². The minimum atomic E-state index is -0.170. The van der Waals surface area contributed by atoms with Crippen LogP contribution in [0, 0.1) is 0 Å². The summed E-state index contributed by atoms with van der Waals surface area (Å²) in [6, 6.07) is 22.2. The van der Waals surface area contributed by atoms with Gasteiger partial charge in [-0.25, -0.2) is 9.97 Å². The van der Waals surface area contributed by atoms with Gasteiger partial charge in [-0.3, -0.25) is 14.2 Å². The quantitative estimate of drug-likeness (QED) is 0.313. The van der Waals surface area contributed by atoms with Gasteiger partial charge in [-0.2, -0.15) is 0 Å². The molecule has 2 heterocycles.